The molecule has 0 saturated carbocycles. The Balaban J connectivity index is 1.70. The number of benzene rings is 1. The number of hydrogen-bond acceptors (Lipinski definition) is 5. The summed E-state index contributed by atoms with van der Waals surface area (Å²) in [6, 6.07) is 10.3. The Kier molecular flexibility index (Phi) is 3.24. The number of nitrogens with one attached hydrogen (secondary N) is 1. The van der Waals surface area contributed by atoms with E-state index in [0.29, 0.717) is 23.9 Å². The minimum atomic E-state index is -0.305. The number of rotatable bonds is 4. The Labute approximate surface area is 112 Å². The van der Waals surface area contributed by atoms with Gasteiger partial charge in [0.15, 0.2) is 0 Å². The van der Waals surface area contributed by atoms with Crippen LogP contribution in [0.2, 0.25) is 0 Å². The van der Waals surface area contributed by atoms with Gasteiger partial charge >= 0.3 is 0 Å². The lowest BCUT2D eigenvalue weighted by atomic mass is 10.3. The summed E-state index contributed by atoms with van der Waals surface area (Å²) in [6.07, 6.45) is 0. The minimum Gasteiger partial charge on any atom is -0.374 e. The lowest BCUT2D eigenvalue weighted by molar-refractivity contribution is 0.384. The first-order valence-corrected chi connectivity index (χ1v) is 6.56. The standard InChI is InChI=1S/C13H10FN3OS/c14-9-4-1-2-5-10(9)15-8-12-16-13(17-18-12)11-6-3-7-19-11/h1-7,15H,8H2. The van der Waals surface area contributed by atoms with Crippen LogP contribution >= 0.6 is 11.3 Å². The minimum absolute atomic E-state index is 0.291. The van der Waals surface area contributed by atoms with Crippen molar-refractivity contribution in [2.45, 2.75) is 6.54 Å². The molecule has 2 aromatic heterocycles. The third-order valence-corrected chi connectivity index (χ3v) is 3.38. The summed E-state index contributed by atoms with van der Waals surface area (Å²) in [5.41, 5.74) is 0.415. The normalized spacial score (nSPS) is 10.6. The van der Waals surface area contributed by atoms with Crippen LogP contribution in [0.15, 0.2) is 46.3 Å². The first-order chi connectivity index (χ1) is 9.33. The van der Waals surface area contributed by atoms with Gasteiger partial charge in [0.05, 0.1) is 17.1 Å². The maximum atomic E-state index is 13.4. The van der Waals surface area contributed by atoms with Crippen LogP contribution in [-0.2, 0) is 6.54 Å². The Morgan fingerprint density at radius 2 is 2.11 bits per heavy atom. The molecule has 0 aliphatic carbocycles. The molecule has 4 nitrogen and oxygen atoms in total. The molecule has 19 heavy (non-hydrogen) atoms. The van der Waals surface area contributed by atoms with Crippen molar-refractivity contribution in [3.05, 3.63) is 53.5 Å². The zero-order valence-corrected chi connectivity index (χ0v) is 10.7. The molecule has 0 atom stereocenters. The maximum Gasteiger partial charge on any atom is 0.246 e. The molecule has 0 unspecified atom stereocenters. The monoisotopic (exact) mass is 275 g/mol. The van der Waals surface area contributed by atoms with Crippen LogP contribution in [0.5, 0.6) is 0 Å². The van der Waals surface area contributed by atoms with Crippen molar-refractivity contribution in [2.75, 3.05) is 5.32 Å². The van der Waals surface area contributed by atoms with Gasteiger partial charge in [0.1, 0.15) is 5.82 Å². The van der Waals surface area contributed by atoms with E-state index in [1.165, 1.54) is 6.07 Å². The van der Waals surface area contributed by atoms with Crippen molar-refractivity contribution in [3.63, 3.8) is 0 Å². The second-order valence-corrected chi connectivity index (χ2v) is 4.77. The molecule has 0 saturated heterocycles. The molecular formula is C13H10FN3OS. The summed E-state index contributed by atoms with van der Waals surface area (Å²) in [5, 5.41) is 8.75. The van der Waals surface area contributed by atoms with Crippen molar-refractivity contribution in [3.8, 4) is 10.7 Å². The van der Waals surface area contributed by atoms with Crippen molar-refractivity contribution in [2.24, 2.45) is 0 Å². The average Bonchev–Trinajstić information content (AvgIpc) is 3.09. The van der Waals surface area contributed by atoms with Gasteiger partial charge in [0, 0.05) is 0 Å². The predicted molar refractivity (Wildman–Crippen MR) is 71.3 cm³/mol. The van der Waals surface area contributed by atoms with Gasteiger partial charge in [0.2, 0.25) is 11.7 Å². The van der Waals surface area contributed by atoms with Crippen molar-refractivity contribution in [1.82, 2.24) is 10.1 Å². The average molecular weight is 275 g/mol. The van der Waals surface area contributed by atoms with E-state index in [2.05, 4.69) is 15.5 Å². The molecule has 0 spiro atoms. The Bertz CT molecular complexity index is 666. The number of para-hydroxylation sites is 1. The summed E-state index contributed by atoms with van der Waals surface area (Å²) < 4.78 is 18.5. The number of aromatic nitrogens is 2. The summed E-state index contributed by atoms with van der Waals surface area (Å²) in [7, 11) is 0. The molecule has 6 heteroatoms. The molecule has 3 aromatic rings. The molecule has 1 N–H and O–H groups in total. The third-order valence-electron chi connectivity index (χ3n) is 2.51. The molecule has 2 heterocycles. The highest BCUT2D eigenvalue weighted by atomic mass is 32.1. The van der Waals surface area contributed by atoms with Gasteiger partial charge in [-0.05, 0) is 23.6 Å². The first kappa shape index (κ1) is 11.9. The Morgan fingerprint density at radius 1 is 1.21 bits per heavy atom. The highest BCUT2D eigenvalue weighted by molar-refractivity contribution is 7.13. The first-order valence-electron chi connectivity index (χ1n) is 5.68. The number of anilines is 1. The number of nitrogens with zero attached hydrogens (tertiary/aromatic N) is 2. The van der Waals surface area contributed by atoms with Gasteiger partial charge in [-0.3, -0.25) is 0 Å². The van der Waals surface area contributed by atoms with Gasteiger partial charge in [0.25, 0.3) is 0 Å². The molecule has 1 aromatic carbocycles. The quantitative estimate of drug-likeness (QED) is 0.791. The van der Waals surface area contributed by atoms with Gasteiger partial charge in [-0.1, -0.05) is 23.4 Å². The second kappa shape index (κ2) is 5.19. The molecule has 0 aliphatic rings. The largest absolute Gasteiger partial charge is 0.374 e. The molecule has 96 valence electrons. The van der Waals surface area contributed by atoms with E-state index in [0.717, 1.165) is 4.88 Å². The molecule has 0 fully saturated rings. The summed E-state index contributed by atoms with van der Waals surface area (Å²) in [5.74, 6) is 0.674. The summed E-state index contributed by atoms with van der Waals surface area (Å²) in [4.78, 5) is 5.19. The molecular weight excluding hydrogens is 265 g/mol. The van der Waals surface area contributed by atoms with E-state index in [9.17, 15) is 4.39 Å². The fraction of sp³-hybridized carbons (Fsp3) is 0.0769. The molecule has 0 amide bonds. The maximum absolute atomic E-state index is 13.4. The second-order valence-electron chi connectivity index (χ2n) is 3.82. The van der Waals surface area contributed by atoms with Crippen LogP contribution in [0.3, 0.4) is 0 Å². The number of thiophene rings is 1. The van der Waals surface area contributed by atoms with Crippen LogP contribution in [-0.4, -0.2) is 10.1 Å². The van der Waals surface area contributed by atoms with Crippen molar-refractivity contribution >= 4 is 17.0 Å². The van der Waals surface area contributed by atoms with Gasteiger partial charge in [-0.25, -0.2) is 4.39 Å². The fourth-order valence-electron chi connectivity index (χ4n) is 1.61. The zero-order chi connectivity index (χ0) is 13.1. The van der Waals surface area contributed by atoms with Crippen molar-refractivity contribution < 1.29 is 8.91 Å². The summed E-state index contributed by atoms with van der Waals surface area (Å²) >= 11 is 1.54. The number of halogens is 1. The summed E-state index contributed by atoms with van der Waals surface area (Å²) in [6.45, 7) is 0.291. The molecule has 0 bridgehead atoms. The van der Waals surface area contributed by atoms with Gasteiger partial charge in [-0.15, -0.1) is 11.3 Å². The Hall–Kier alpha value is -2.21. The van der Waals surface area contributed by atoms with Gasteiger partial charge in [-0.2, -0.15) is 4.98 Å². The van der Waals surface area contributed by atoms with E-state index in [1.807, 2.05) is 17.5 Å². The SMILES string of the molecule is Fc1ccccc1NCc1nc(-c2cccs2)no1. The lowest BCUT2D eigenvalue weighted by Gasteiger charge is -2.03. The fourth-order valence-corrected chi connectivity index (χ4v) is 2.26. The van der Waals surface area contributed by atoms with E-state index >= 15 is 0 Å². The van der Waals surface area contributed by atoms with Gasteiger partial charge < -0.3 is 9.84 Å². The highest BCUT2D eigenvalue weighted by Gasteiger charge is 2.09. The topological polar surface area (TPSA) is 51.0 Å². The van der Waals surface area contributed by atoms with Crippen LogP contribution in [0.4, 0.5) is 10.1 Å². The Morgan fingerprint density at radius 3 is 2.89 bits per heavy atom. The molecule has 0 radical (unpaired) electrons. The van der Waals surface area contributed by atoms with Crippen LogP contribution in [0.25, 0.3) is 10.7 Å². The highest BCUT2D eigenvalue weighted by Crippen LogP contribution is 2.21. The van der Waals surface area contributed by atoms with Crippen LogP contribution in [0, 0.1) is 5.82 Å². The smallest absolute Gasteiger partial charge is 0.246 e. The van der Waals surface area contributed by atoms with E-state index in [1.54, 1.807) is 29.5 Å². The lowest BCUT2D eigenvalue weighted by Crippen LogP contribution is -2.01. The molecule has 0 aliphatic heterocycles. The van der Waals surface area contributed by atoms with Crippen LogP contribution < -0.4 is 5.32 Å². The molecule has 3 rings (SSSR count). The predicted octanol–water partition coefficient (Wildman–Crippen LogP) is 3.55. The zero-order valence-electron chi connectivity index (χ0n) is 9.84. The van der Waals surface area contributed by atoms with Crippen molar-refractivity contribution in [1.29, 1.82) is 0 Å². The number of hydrogen-bond donors (Lipinski definition) is 1. The van der Waals surface area contributed by atoms with Crippen LogP contribution in [0.1, 0.15) is 5.89 Å². The van der Waals surface area contributed by atoms with E-state index in [4.69, 9.17) is 4.52 Å². The van der Waals surface area contributed by atoms with E-state index in [-0.39, 0.29) is 5.82 Å². The third kappa shape index (κ3) is 2.63. The van der Waals surface area contributed by atoms with E-state index < -0.39 is 0 Å².